The minimum absolute atomic E-state index is 0.0794. The number of benzene rings is 2. The van der Waals surface area contributed by atoms with E-state index in [1.807, 2.05) is 65.5 Å². The van der Waals surface area contributed by atoms with Gasteiger partial charge >= 0.3 is 0 Å². The number of rotatable bonds is 4. The Morgan fingerprint density at radius 3 is 2.41 bits per heavy atom. The minimum atomic E-state index is -3.03. The molecule has 4 heterocycles. The van der Waals surface area contributed by atoms with Gasteiger partial charge in [0.25, 0.3) is 5.56 Å². The van der Waals surface area contributed by atoms with Gasteiger partial charge in [0, 0.05) is 17.8 Å². The van der Waals surface area contributed by atoms with Crippen molar-refractivity contribution in [2.24, 2.45) is 0 Å². The Labute approximate surface area is 195 Å². The van der Waals surface area contributed by atoms with Crippen LogP contribution in [0.1, 0.15) is 24.4 Å². The molecule has 9 nitrogen and oxygen atoms in total. The average Bonchev–Trinajstić information content (AvgIpc) is 3.49. The van der Waals surface area contributed by atoms with E-state index < -0.39 is 9.84 Å². The zero-order chi connectivity index (χ0) is 23.3. The fourth-order valence-corrected chi connectivity index (χ4v) is 6.06. The Hall–Kier alpha value is -3.79. The van der Waals surface area contributed by atoms with Gasteiger partial charge in [-0.05, 0) is 42.7 Å². The highest BCUT2D eigenvalue weighted by Gasteiger charge is 2.30. The Balaban J connectivity index is 1.41. The van der Waals surface area contributed by atoms with E-state index in [1.54, 1.807) is 10.9 Å². The molecule has 0 bridgehead atoms. The maximum Gasteiger partial charge on any atom is 0.297 e. The summed E-state index contributed by atoms with van der Waals surface area (Å²) in [5, 5.41) is 14.4. The fraction of sp³-hybridized carbons (Fsp3) is 0.250. The van der Waals surface area contributed by atoms with E-state index in [2.05, 4.69) is 10.2 Å². The standard InChI is InChI=1S/C24H22N6O3S/c31-24-23-22(27-30(24)19-10-14-34(32,33)15-11-19)20-4-1-2-5-21(20)29(26-23)16-17-6-8-18(9-7-17)28-13-3-12-25-28/h1-9,12-13,19H,10-11,14-16H2. The fourth-order valence-electron chi connectivity index (χ4n) is 4.59. The highest BCUT2D eigenvalue weighted by molar-refractivity contribution is 7.91. The van der Waals surface area contributed by atoms with Crippen LogP contribution < -0.4 is 5.56 Å². The number of aromatic nitrogens is 6. The molecule has 1 saturated heterocycles. The normalized spacial score (nSPS) is 16.4. The molecule has 0 unspecified atom stereocenters. The van der Waals surface area contributed by atoms with Crippen LogP contribution in [0, 0.1) is 0 Å². The molecule has 0 radical (unpaired) electrons. The van der Waals surface area contributed by atoms with E-state index in [0.717, 1.165) is 22.2 Å². The van der Waals surface area contributed by atoms with Gasteiger partial charge < -0.3 is 0 Å². The van der Waals surface area contributed by atoms with Crippen molar-refractivity contribution in [2.75, 3.05) is 11.5 Å². The first-order valence-corrected chi connectivity index (χ1v) is 13.0. The molecular weight excluding hydrogens is 452 g/mol. The number of fused-ring (bicyclic) bond motifs is 3. The van der Waals surface area contributed by atoms with Crippen LogP contribution in [0.25, 0.3) is 28.0 Å². The van der Waals surface area contributed by atoms with Crippen molar-refractivity contribution in [3.05, 3.63) is 82.9 Å². The van der Waals surface area contributed by atoms with Crippen molar-refractivity contribution >= 4 is 20.7 Å². The van der Waals surface area contributed by atoms with Crippen LogP contribution in [0.2, 0.25) is 0 Å². The van der Waals surface area contributed by atoms with Gasteiger partial charge in [-0.25, -0.2) is 17.8 Å². The largest absolute Gasteiger partial charge is 0.297 e. The molecule has 0 atom stereocenters. The smallest absolute Gasteiger partial charge is 0.265 e. The molecular formula is C24H22N6O3S. The zero-order valence-electron chi connectivity index (χ0n) is 18.3. The van der Waals surface area contributed by atoms with Gasteiger partial charge in [-0.3, -0.25) is 9.48 Å². The summed E-state index contributed by atoms with van der Waals surface area (Å²) >= 11 is 0. The lowest BCUT2D eigenvalue weighted by Crippen LogP contribution is -2.31. The van der Waals surface area contributed by atoms with Crippen LogP contribution in [0.15, 0.2) is 71.8 Å². The third-order valence-corrected chi connectivity index (χ3v) is 8.12. The molecule has 10 heteroatoms. The van der Waals surface area contributed by atoms with Crippen LogP contribution in [0.4, 0.5) is 0 Å². The highest BCUT2D eigenvalue weighted by Crippen LogP contribution is 2.29. The zero-order valence-corrected chi connectivity index (χ0v) is 19.1. The van der Waals surface area contributed by atoms with Crippen molar-refractivity contribution < 1.29 is 8.42 Å². The summed E-state index contributed by atoms with van der Waals surface area (Å²) < 4.78 is 28.8. The van der Waals surface area contributed by atoms with Crippen LogP contribution in [0.3, 0.4) is 0 Å². The molecule has 172 valence electrons. The van der Waals surface area contributed by atoms with E-state index in [0.29, 0.717) is 30.8 Å². The number of hydrogen-bond acceptors (Lipinski definition) is 6. The third-order valence-electron chi connectivity index (χ3n) is 6.41. The van der Waals surface area contributed by atoms with Crippen LogP contribution in [-0.2, 0) is 16.4 Å². The average molecular weight is 475 g/mol. The van der Waals surface area contributed by atoms with Gasteiger partial charge in [0.15, 0.2) is 5.69 Å². The predicted molar refractivity (Wildman–Crippen MR) is 128 cm³/mol. The molecule has 0 amide bonds. The summed E-state index contributed by atoms with van der Waals surface area (Å²) in [4.78, 5) is 13.3. The molecule has 1 fully saturated rings. The summed E-state index contributed by atoms with van der Waals surface area (Å²) in [6.07, 6.45) is 4.42. The molecule has 3 aromatic rings. The van der Waals surface area contributed by atoms with Crippen molar-refractivity contribution in [1.82, 2.24) is 29.3 Å². The van der Waals surface area contributed by atoms with E-state index in [9.17, 15) is 13.2 Å². The first-order valence-electron chi connectivity index (χ1n) is 11.2. The summed E-state index contributed by atoms with van der Waals surface area (Å²) in [7, 11) is -3.03. The lowest BCUT2D eigenvalue weighted by atomic mass is 10.1. The second-order valence-corrected chi connectivity index (χ2v) is 10.9. The SMILES string of the molecule is O=c1c2nn(Cc3ccc(-n4cccn4)cc3)c3ccccc3c-2nn1C1CCS(=O)(=O)CC1. The minimum Gasteiger partial charge on any atom is -0.265 e. The molecule has 34 heavy (non-hydrogen) atoms. The Morgan fingerprint density at radius 1 is 0.912 bits per heavy atom. The van der Waals surface area contributed by atoms with Gasteiger partial charge in [0.05, 0.1) is 35.3 Å². The lowest BCUT2D eigenvalue weighted by Gasteiger charge is -2.21. The van der Waals surface area contributed by atoms with Crippen molar-refractivity contribution in [1.29, 1.82) is 0 Å². The van der Waals surface area contributed by atoms with E-state index in [1.165, 1.54) is 4.68 Å². The van der Waals surface area contributed by atoms with E-state index in [-0.39, 0.29) is 23.1 Å². The van der Waals surface area contributed by atoms with Gasteiger partial charge in [-0.1, -0.05) is 30.3 Å². The maximum absolute atomic E-state index is 13.3. The van der Waals surface area contributed by atoms with Crippen LogP contribution in [0.5, 0.6) is 0 Å². The highest BCUT2D eigenvalue weighted by atomic mass is 32.2. The van der Waals surface area contributed by atoms with E-state index >= 15 is 0 Å². The Morgan fingerprint density at radius 2 is 1.68 bits per heavy atom. The van der Waals surface area contributed by atoms with Crippen LogP contribution in [-0.4, -0.2) is 49.3 Å². The molecule has 0 N–H and O–H groups in total. The molecule has 0 spiro atoms. The molecule has 2 aromatic carbocycles. The van der Waals surface area contributed by atoms with Crippen molar-refractivity contribution in [3.63, 3.8) is 0 Å². The Bertz CT molecular complexity index is 1600. The molecule has 0 saturated carbocycles. The summed E-state index contributed by atoms with van der Waals surface area (Å²) in [5.74, 6) is 0.159. The van der Waals surface area contributed by atoms with Crippen LogP contribution >= 0.6 is 0 Å². The number of para-hydroxylation sites is 1. The van der Waals surface area contributed by atoms with Gasteiger partial charge in [0.1, 0.15) is 15.5 Å². The van der Waals surface area contributed by atoms with Gasteiger partial charge in [0.2, 0.25) is 0 Å². The predicted octanol–water partition coefficient (Wildman–Crippen LogP) is 2.68. The summed E-state index contributed by atoms with van der Waals surface area (Å²) in [6, 6.07) is 17.5. The first kappa shape index (κ1) is 20.8. The second-order valence-electron chi connectivity index (χ2n) is 8.62. The number of hydrogen-bond donors (Lipinski definition) is 0. The number of sulfone groups is 1. The molecule has 6 rings (SSSR count). The van der Waals surface area contributed by atoms with Gasteiger partial charge in [-0.15, -0.1) is 0 Å². The molecule has 1 aromatic heterocycles. The van der Waals surface area contributed by atoms with Gasteiger partial charge in [-0.2, -0.15) is 15.3 Å². The van der Waals surface area contributed by atoms with Crippen molar-refractivity contribution in [2.45, 2.75) is 25.4 Å². The quantitative estimate of drug-likeness (QED) is 0.397. The molecule has 0 aliphatic carbocycles. The summed E-state index contributed by atoms with van der Waals surface area (Å²) in [5.41, 5.74) is 3.47. The maximum atomic E-state index is 13.3. The Kier molecular flexibility index (Phi) is 4.84. The topological polar surface area (TPSA) is 105 Å². The lowest BCUT2D eigenvalue weighted by molar-refractivity contribution is 0.406. The molecule has 3 aliphatic rings. The second kappa shape index (κ2) is 7.91. The molecule has 3 aliphatic heterocycles. The first-order chi connectivity index (χ1) is 16.5. The summed E-state index contributed by atoms with van der Waals surface area (Å²) in [6.45, 7) is 0.488. The third kappa shape index (κ3) is 3.60. The van der Waals surface area contributed by atoms with E-state index in [4.69, 9.17) is 5.10 Å². The van der Waals surface area contributed by atoms with Crippen molar-refractivity contribution in [3.8, 4) is 17.1 Å². The monoisotopic (exact) mass is 474 g/mol. The number of nitrogens with zero attached hydrogens (tertiary/aromatic N) is 6.